The second-order valence-corrected chi connectivity index (χ2v) is 5.93. The Kier molecular flexibility index (Phi) is 2.91. The van der Waals surface area contributed by atoms with Crippen LogP contribution in [-0.2, 0) is 0 Å². The largest absolute Gasteiger partial charge is 0.0654 e. The zero-order chi connectivity index (χ0) is 10.2. The molecule has 14 heavy (non-hydrogen) atoms. The highest BCUT2D eigenvalue weighted by molar-refractivity contribution is 5.21. The van der Waals surface area contributed by atoms with Crippen molar-refractivity contribution in [3.8, 4) is 0 Å². The number of unbranched alkanes of at least 4 members (excludes halogenated alkanes) is 2. The first-order valence-corrected chi connectivity index (χ1v) is 6.72. The molecule has 82 valence electrons. The van der Waals surface area contributed by atoms with E-state index < -0.39 is 0 Å². The second kappa shape index (κ2) is 3.87. The van der Waals surface area contributed by atoms with Gasteiger partial charge in [0.2, 0.25) is 0 Å². The molecule has 0 nitrogen and oxygen atoms in total. The summed E-state index contributed by atoms with van der Waals surface area (Å²) in [5.41, 5.74) is 0.826. The zero-order valence-electron chi connectivity index (χ0n) is 10.2. The highest BCUT2D eigenvalue weighted by Crippen LogP contribution is 2.79. The zero-order valence-corrected chi connectivity index (χ0v) is 10.2. The molecular formula is C14H26. The molecule has 0 amide bonds. The fourth-order valence-corrected chi connectivity index (χ4v) is 3.40. The number of hydrogen-bond acceptors (Lipinski definition) is 0. The third kappa shape index (κ3) is 1.85. The standard InChI is InChI=1S/C14H26/c1-4-6-7-8-11(5-2)10-14(3)12-9-13(12)14/h11-13H,4-10H2,1-3H3. The van der Waals surface area contributed by atoms with Gasteiger partial charge in [0, 0.05) is 0 Å². The van der Waals surface area contributed by atoms with Crippen LogP contribution < -0.4 is 0 Å². The van der Waals surface area contributed by atoms with E-state index in [-0.39, 0.29) is 0 Å². The fourth-order valence-electron chi connectivity index (χ4n) is 3.40. The van der Waals surface area contributed by atoms with Gasteiger partial charge in [0.1, 0.15) is 0 Å². The molecule has 2 fully saturated rings. The summed E-state index contributed by atoms with van der Waals surface area (Å²) in [6.45, 7) is 7.22. The van der Waals surface area contributed by atoms with Gasteiger partial charge in [-0.15, -0.1) is 0 Å². The average molecular weight is 194 g/mol. The van der Waals surface area contributed by atoms with Crippen LogP contribution in [0.25, 0.3) is 0 Å². The summed E-state index contributed by atoms with van der Waals surface area (Å²) in [5, 5.41) is 0. The minimum Gasteiger partial charge on any atom is -0.0654 e. The van der Waals surface area contributed by atoms with Gasteiger partial charge in [0.05, 0.1) is 0 Å². The smallest absolute Gasteiger partial charge is 0.0261 e. The van der Waals surface area contributed by atoms with Crippen LogP contribution in [0.5, 0.6) is 0 Å². The molecule has 3 unspecified atom stereocenters. The summed E-state index contributed by atoms with van der Waals surface area (Å²) < 4.78 is 0. The molecule has 0 N–H and O–H groups in total. The molecule has 0 radical (unpaired) electrons. The Labute approximate surface area is 89.5 Å². The topological polar surface area (TPSA) is 0 Å². The monoisotopic (exact) mass is 194 g/mol. The van der Waals surface area contributed by atoms with E-state index >= 15 is 0 Å². The van der Waals surface area contributed by atoms with E-state index in [4.69, 9.17) is 0 Å². The van der Waals surface area contributed by atoms with Gasteiger partial charge in [-0.05, 0) is 36.0 Å². The van der Waals surface area contributed by atoms with Crippen molar-refractivity contribution >= 4 is 0 Å². The highest BCUT2D eigenvalue weighted by Gasteiger charge is 2.72. The predicted molar refractivity (Wildman–Crippen MR) is 62.2 cm³/mol. The quantitative estimate of drug-likeness (QED) is 0.518. The van der Waals surface area contributed by atoms with E-state index in [0.29, 0.717) is 0 Å². The molecule has 0 spiro atoms. The van der Waals surface area contributed by atoms with Crippen LogP contribution in [0.1, 0.15) is 65.7 Å². The molecule has 3 atom stereocenters. The summed E-state index contributed by atoms with van der Waals surface area (Å²) >= 11 is 0. The molecule has 2 aliphatic carbocycles. The van der Waals surface area contributed by atoms with E-state index in [1.807, 2.05) is 0 Å². The highest BCUT2D eigenvalue weighted by atomic mass is 14.8. The Hall–Kier alpha value is 0. The molecule has 0 heteroatoms. The summed E-state index contributed by atoms with van der Waals surface area (Å²) in [7, 11) is 0. The van der Waals surface area contributed by atoms with E-state index in [9.17, 15) is 0 Å². The molecular weight excluding hydrogens is 168 g/mol. The van der Waals surface area contributed by atoms with Crippen LogP contribution in [0.4, 0.5) is 0 Å². The van der Waals surface area contributed by atoms with Gasteiger partial charge in [0.15, 0.2) is 0 Å². The number of hydrogen-bond donors (Lipinski definition) is 0. The molecule has 2 saturated carbocycles. The van der Waals surface area contributed by atoms with Gasteiger partial charge in [-0.1, -0.05) is 52.9 Å². The molecule has 0 heterocycles. The van der Waals surface area contributed by atoms with E-state index in [0.717, 1.165) is 11.3 Å². The lowest BCUT2D eigenvalue weighted by Gasteiger charge is -2.23. The van der Waals surface area contributed by atoms with Crippen LogP contribution in [-0.4, -0.2) is 0 Å². The van der Waals surface area contributed by atoms with E-state index in [2.05, 4.69) is 20.8 Å². The molecule has 0 aliphatic heterocycles. The third-order valence-corrected chi connectivity index (χ3v) is 4.90. The first kappa shape index (κ1) is 10.5. The van der Waals surface area contributed by atoms with Crippen LogP contribution in [0.2, 0.25) is 0 Å². The molecule has 2 aliphatic rings. The molecule has 0 saturated heterocycles. The lowest BCUT2D eigenvalue weighted by molar-refractivity contribution is 0.275. The second-order valence-electron chi connectivity index (χ2n) is 5.93. The van der Waals surface area contributed by atoms with E-state index in [1.54, 1.807) is 12.8 Å². The maximum absolute atomic E-state index is 2.54. The first-order valence-electron chi connectivity index (χ1n) is 6.72. The predicted octanol–water partition coefficient (Wildman–Crippen LogP) is 4.64. The Morgan fingerprint density at radius 1 is 1.21 bits per heavy atom. The van der Waals surface area contributed by atoms with Gasteiger partial charge in [-0.25, -0.2) is 0 Å². The van der Waals surface area contributed by atoms with Crippen LogP contribution in [0.3, 0.4) is 0 Å². The molecule has 0 aromatic rings. The van der Waals surface area contributed by atoms with Crippen molar-refractivity contribution in [3.05, 3.63) is 0 Å². The van der Waals surface area contributed by atoms with Crippen molar-refractivity contribution in [2.75, 3.05) is 0 Å². The summed E-state index contributed by atoms with van der Waals surface area (Å²) in [5.74, 6) is 3.38. The van der Waals surface area contributed by atoms with Gasteiger partial charge in [-0.2, -0.15) is 0 Å². The summed E-state index contributed by atoms with van der Waals surface area (Å²) in [4.78, 5) is 0. The maximum Gasteiger partial charge on any atom is -0.0261 e. The van der Waals surface area contributed by atoms with Crippen LogP contribution >= 0.6 is 0 Å². The molecule has 0 aromatic carbocycles. The molecule has 2 rings (SSSR count). The average Bonchev–Trinajstić information content (AvgIpc) is 3.05. The summed E-state index contributed by atoms with van der Waals surface area (Å²) in [6, 6.07) is 0. The lowest BCUT2D eigenvalue weighted by Crippen LogP contribution is -2.13. The van der Waals surface area contributed by atoms with Crippen molar-refractivity contribution in [2.24, 2.45) is 23.2 Å². The fraction of sp³-hybridized carbons (Fsp3) is 1.00. The number of rotatable bonds is 7. The van der Waals surface area contributed by atoms with Gasteiger partial charge in [-0.3, -0.25) is 0 Å². The Morgan fingerprint density at radius 2 is 1.93 bits per heavy atom. The van der Waals surface area contributed by atoms with Crippen LogP contribution in [0, 0.1) is 23.2 Å². The minimum absolute atomic E-state index is 0.826. The van der Waals surface area contributed by atoms with Crippen molar-refractivity contribution in [3.63, 3.8) is 0 Å². The first-order chi connectivity index (χ1) is 6.72. The van der Waals surface area contributed by atoms with Crippen molar-refractivity contribution in [1.82, 2.24) is 0 Å². The van der Waals surface area contributed by atoms with Gasteiger partial charge in [0.25, 0.3) is 0 Å². The normalized spacial score (nSPS) is 40.5. The van der Waals surface area contributed by atoms with Gasteiger partial charge < -0.3 is 0 Å². The number of fused-ring (bicyclic) bond motifs is 1. The van der Waals surface area contributed by atoms with Crippen molar-refractivity contribution in [1.29, 1.82) is 0 Å². The SMILES string of the molecule is CCCCCC(CC)CC1(C)C2CC21. The molecule has 0 bridgehead atoms. The van der Waals surface area contributed by atoms with Gasteiger partial charge >= 0.3 is 0 Å². The summed E-state index contributed by atoms with van der Waals surface area (Å²) in [6.07, 6.45) is 10.3. The van der Waals surface area contributed by atoms with Crippen LogP contribution in [0.15, 0.2) is 0 Å². The third-order valence-electron chi connectivity index (χ3n) is 4.90. The Bertz CT molecular complexity index is 186. The Morgan fingerprint density at radius 3 is 2.36 bits per heavy atom. The van der Waals surface area contributed by atoms with Crippen molar-refractivity contribution < 1.29 is 0 Å². The maximum atomic E-state index is 2.54. The molecule has 0 aromatic heterocycles. The van der Waals surface area contributed by atoms with Crippen molar-refractivity contribution in [2.45, 2.75) is 65.7 Å². The minimum atomic E-state index is 0.826. The Balaban J connectivity index is 1.65. The van der Waals surface area contributed by atoms with E-state index in [1.165, 1.54) is 43.9 Å². The lowest BCUT2D eigenvalue weighted by atomic mass is 9.82.